The molecular formula is C110H104Cl3N15O9S6. The molecule has 9 aromatic heterocycles. The second-order valence-electron chi connectivity index (χ2n) is 36.9. The van der Waals surface area contributed by atoms with Crippen LogP contribution in [0.15, 0.2) is 178 Å². The van der Waals surface area contributed by atoms with Crippen molar-refractivity contribution < 1.29 is 43.9 Å². The number of nitrogens with zero attached hydrogens (tertiary/aromatic N) is 15. The van der Waals surface area contributed by atoms with Gasteiger partial charge in [0.25, 0.3) is 0 Å². The van der Waals surface area contributed by atoms with Crippen molar-refractivity contribution in [3.05, 3.63) is 293 Å². The van der Waals surface area contributed by atoms with E-state index in [1.807, 2.05) is 144 Å². The summed E-state index contributed by atoms with van der Waals surface area (Å²) >= 11 is 31.8. The molecule has 0 spiro atoms. The summed E-state index contributed by atoms with van der Waals surface area (Å²) in [5.41, 5.74) is 21.2. The van der Waals surface area contributed by atoms with Crippen LogP contribution in [0, 0.1) is 13.5 Å². The fourth-order valence-electron chi connectivity index (χ4n) is 21.4. The van der Waals surface area contributed by atoms with Crippen molar-refractivity contribution in [2.24, 2.45) is 49.3 Å². The van der Waals surface area contributed by atoms with Gasteiger partial charge < -0.3 is 57.2 Å². The van der Waals surface area contributed by atoms with E-state index in [0.29, 0.717) is 119 Å². The van der Waals surface area contributed by atoms with Crippen LogP contribution < -0.4 is 14.2 Å². The van der Waals surface area contributed by atoms with Crippen molar-refractivity contribution in [1.29, 1.82) is 0 Å². The number of carboxylic acids is 3. The molecule has 0 amide bonds. The van der Waals surface area contributed by atoms with Crippen molar-refractivity contribution in [1.82, 2.24) is 66.7 Å². The highest BCUT2D eigenvalue weighted by atomic mass is 35.5. The van der Waals surface area contributed by atoms with Crippen LogP contribution in [0.4, 0.5) is 5.82 Å². The number of imidazole rings is 2. The molecule has 0 atom stereocenters. The van der Waals surface area contributed by atoms with E-state index in [2.05, 4.69) is 111 Å². The number of aryl methyl sites for hydroxylation is 11. The highest BCUT2D eigenvalue weighted by Gasteiger charge is 2.35. The van der Waals surface area contributed by atoms with E-state index < -0.39 is 17.9 Å². The zero-order valence-corrected chi connectivity index (χ0v) is 87.5. The van der Waals surface area contributed by atoms with Crippen LogP contribution in [0.3, 0.4) is 0 Å². The zero-order valence-electron chi connectivity index (χ0n) is 80.3. The summed E-state index contributed by atoms with van der Waals surface area (Å²) in [4.78, 5) is 56.1. The van der Waals surface area contributed by atoms with Gasteiger partial charge in [0.05, 0.1) is 99.0 Å². The topological polar surface area (TPSA) is 253 Å². The van der Waals surface area contributed by atoms with E-state index in [4.69, 9.17) is 80.8 Å². The maximum absolute atomic E-state index is 12.8. The Morgan fingerprint density at radius 2 is 0.734 bits per heavy atom. The number of hydrogen-bond acceptors (Lipinski definition) is 17. The summed E-state index contributed by atoms with van der Waals surface area (Å²) in [6, 6.07) is 55.9. The molecule has 0 radical (unpaired) electrons. The lowest BCUT2D eigenvalue weighted by molar-refractivity contribution is 0.0675. The van der Waals surface area contributed by atoms with E-state index >= 15 is 0 Å². The van der Waals surface area contributed by atoms with Crippen LogP contribution in [0.25, 0.3) is 104 Å². The number of rotatable bonds is 3. The average molecular weight is 2080 g/mol. The highest BCUT2D eigenvalue weighted by Crippen LogP contribution is 2.51. The maximum atomic E-state index is 12.8. The lowest BCUT2D eigenvalue weighted by atomic mass is 9.98. The number of aromatic nitrogens is 14. The summed E-state index contributed by atoms with van der Waals surface area (Å²) in [6.07, 6.45) is 8.59. The molecule has 23 rings (SSSR count). The molecule has 0 saturated carbocycles. The van der Waals surface area contributed by atoms with Crippen LogP contribution >= 0.6 is 105 Å². The molecule has 0 fully saturated rings. The van der Waals surface area contributed by atoms with Gasteiger partial charge in [0.1, 0.15) is 46.0 Å². The van der Waals surface area contributed by atoms with Crippen molar-refractivity contribution in [2.75, 3.05) is 19.8 Å². The van der Waals surface area contributed by atoms with Gasteiger partial charge >= 0.3 is 17.9 Å². The first kappa shape index (κ1) is 97.1. The number of halogens is 3. The molecule has 0 aliphatic carbocycles. The van der Waals surface area contributed by atoms with Gasteiger partial charge in [-0.25, -0.2) is 24.4 Å². The quantitative estimate of drug-likeness (QED) is 0.139. The standard InChI is InChI=1S/C37H36ClN5O3S2.C37H34ClN5O3S2.C36H34ClN5O3S2/c1-41-34-28-12-13-29(38)33(34)36-30(39-32-11-5-6-14-43(32)36)21-47-19-23-17-24(42(2)40-23)20-48-25-16-22-8-3-4-9-26(22)31(18-25)46-15-7-10-27(28)35(41)37(44)45;1-21-29-20-47-18-23-16-24(43(5)40-23)19-48-25-15-22-9-6-7-10-26(22)31(17-25)46-14-8-11-27-28-12-13-30(38)33(32(29)36(39-2)41(21)3)34(28)42(4)35(27)37(44)45;1-40-33-27-11-12-28(37)32(33)35-29(38-31-10-5-13-42(31)35)20-46-18-22-16-23(41(2)39-22)19-47-24-15-21-7-3-4-8-25(21)30(17-24)45-14-6-9-26(27)34(40)36(43)44/h3-4,8-9,12-13,16-18H,5-7,10-11,14-15,19-21H2,1-2H3,(H,44,45);6-7,9-10,12-13,15-17H,8,11,14,18-20H2,1,3-5H3,(H,44,45);3-4,7-8,11-12,15-17H,5-6,9-10,13-14,18-20H2,1-2H3,(H,43,44). The van der Waals surface area contributed by atoms with Crippen LogP contribution in [0.2, 0.25) is 15.1 Å². The van der Waals surface area contributed by atoms with Crippen LogP contribution in [0.1, 0.15) is 155 Å². The zero-order chi connectivity index (χ0) is 98.9. The lowest BCUT2D eigenvalue weighted by Gasteiger charge is -2.18. The van der Waals surface area contributed by atoms with E-state index in [0.717, 1.165) is 267 Å². The predicted molar refractivity (Wildman–Crippen MR) is 580 cm³/mol. The molecule has 0 unspecified atom stereocenters. The number of aromatic carboxylic acids is 3. The summed E-state index contributed by atoms with van der Waals surface area (Å²) in [6.45, 7) is 13.2. The Kier molecular flexibility index (Phi) is 28.0. The van der Waals surface area contributed by atoms with Crippen molar-refractivity contribution in [3.8, 4) is 50.9 Å². The number of thioether (sulfide) groups is 6. The third kappa shape index (κ3) is 18.7. The fourth-order valence-corrected chi connectivity index (χ4v) is 27.8. The molecule has 33 heteroatoms. The monoisotopic (exact) mass is 2080 g/mol. The number of hydrogen-bond donors (Lipinski definition) is 3. The van der Waals surface area contributed by atoms with E-state index in [9.17, 15) is 29.7 Å². The van der Waals surface area contributed by atoms with Crippen LogP contribution in [0.5, 0.6) is 17.2 Å². The molecule has 143 heavy (non-hydrogen) atoms. The van der Waals surface area contributed by atoms with Crippen LogP contribution in [-0.2, 0) is 146 Å². The Balaban J connectivity index is 0.000000127. The number of benzene rings is 9. The van der Waals surface area contributed by atoms with Gasteiger partial charge in [-0.05, 0) is 170 Å². The molecule has 5 aliphatic rings. The average Bonchev–Trinajstić information content (AvgIpc) is 1.58. The van der Waals surface area contributed by atoms with Crippen LogP contribution in [-0.4, -0.2) is 120 Å². The number of fused-ring (bicyclic) bond motifs is 28. The molecule has 14 heterocycles. The Hall–Kier alpha value is -12.0. The summed E-state index contributed by atoms with van der Waals surface area (Å²) in [5.74, 6) is 8.80. The van der Waals surface area contributed by atoms with Crippen molar-refractivity contribution in [2.45, 2.75) is 157 Å². The van der Waals surface area contributed by atoms with E-state index in [1.165, 1.54) is 11.4 Å². The largest absolute Gasteiger partial charge is 0.493 e. The first-order valence-electron chi connectivity index (χ1n) is 47.9. The van der Waals surface area contributed by atoms with Gasteiger partial charge in [-0.1, -0.05) is 132 Å². The van der Waals surface area contributed by atoms with Crippen molar-refractivity contribution >= 4 is 194 Å². The first-order chi connectivity index (χ1) is 69.4. The molecule has 9 aromatic carbocycles. The van der Waals surface area contributed by atoms with Gasteiger partial charge in [-0.15, -0.1) is 58.8 Å². The SMILES string of the molecule is Cn1nc2cc1CSc1cc(c3ccccc3c1)OCCCc1c(C(=O)O)n(C)c3c(c(Cl)ccc13)-c1c(nc3n1CCC3)CSC2.Cn1nc2cc1CSc1cc(c3ccccc3c1)OCCCc1c(C(=O)O)n(C)c3c(c(Cl)ccc13)-c1c(nc3n1CCCC3)CSC2.[C-]#[N+]c1c2c(c(C)n1C)CSCc1cc(n(C)n1)CSc1cc(c3ccccc3c1)OCCCc1c(C(=O)O)n(C)c3c-2c(Cl)ccc13. The Bertz CT molecular complexity index is 8210. The lowest BCUT2D eigenvalue weighted by Crippen LogP contribution is -2.12. The number of ether oxygens (including phenoxy) is 3. The maximum Gasteiger partial charge on any atom is 0.352 e. The first-order valence-corrected chi connectivity index (χ1v) is 55.4. The number of carboxylic acid groups (broad SMARTS) is 3. The number of carbonyl (C=O) groups is 3. The minimum Gasteiger partial charge on any atom is -0.493 e. The highest BCUT2D eigenvalue weighted by molar-refractivity contribution is 7.99. The van der Waals surface area contributed by atoms with Gasteiger partial charge in [0.2, 0.25) is 5.82 Å². The smallest absolute Gasteiger partial charge is 0.352 e. The summed E-state index contributed by atoms with van der Waals surface area (Å²) in [5, 5.41) is 56.8. The molecule has 5 aliphatic heterocycles. The molecule has 0 saturated heterocycles. The minimum absolute atomic E-state index is 0.221. The van der Waals surface area contributed by atoms with Gasteiger partial charge in [-0.3, -0.25) is 18.6 Å². The summed E-state index contributed by atoms with van der Waals surface area (Å²) < 4.78 is 37.2. The third-order valence-electron chi connectivity index (χ3n) is 28.1. The van der Waals surface area contributed by atoms with Gasteiger partial charge in [0, 0.05) is 217 Å². The fraction of sp³-hybridized carbons (Fsp3) is 0.300. The normalized spacial score (nSPS) is 15.0. The minimum atomic E-state index is -1.00. The summed E-state index contributed by atoms with van der Waals surface area (Å²) in [7, 11) is 13.4. The third-order valence-corrected chi connectivity index (χ3v) is 35.0. The molecule has 18 aromatic rings. The second kappa shape index (κ2) is 41.2. The van der Waals surface area contributed by atoms with Crippen molar-refractivity contribution in [3.63, 3.8) is 0 Å². The van der Waals surface area contributed by atoms with E-state index in [-0.39, 0.29) is 11.4 Å². The Morgan fingerprint density at radius 3 is 1.12 bits per heavy atom. The molecular weight excluding hydrogens is 1970 g/mol. The Labute approximate surface area is 867 Å². The molecule has 3 N–H and O–H groups in total. The van der Waals surface area contributed by atoms with Gasteiger partial charge in [-0.2, -0.15) is 27.1 Å². The van der Waals surface area contributed by atoms with Gasteiger partial charge in [0.15, 0.2) is 0 Å². The molecule has 730 valence electrons. The predicted octanol–water partition coefficient (Wildman–Crippen LogP) is 26.3. The Morgan fingerprint density at radius 1 is 0.378 bits per heavy atom. The second-order valence-corrected chi connectivity index (χ2v) is 44.2. The van der Waals surface area contributed by atoms with E-state index in [1.54, 1.807) is 82.2 Å². The molecule has 24 bridgehead atoms. The molecule has 24 nitrogen and oxygen atoms in total.